The maximum absolute atomic E-state index is 8.60. The minimum Gasteiger partial charge on any atom is -0.354 e. The van der Waals surface area contributed by atoms with Gasteiger partial charge in [-0.15, -0.1) is 0 Å². The molecule has 84 valence electrons. The summed E-state index contributed by atoms with van der Waals surface area (Å²) in [4.78, 5) is 11.0. The van der Waals surface area contributed by atoms with Crippen molar-refractivity contribution in [2.24, 2.45) is 0 Å². The minimum atomic E-state index is 0.430. The standard InChI is InChI=1S/C11H14N4S/c12-4-9-16-11-10(13-5-6-14-11)15-7-2-1-3-8-15/h5-6H,1-3,7-9H2. The van der Waals surface area contributed by atoms with Crippen molar-refractivity contribution in [1.29, 1.82) is 5.26 Å². The van der Waals surface area contributed by atoms with Gasteiger partial charge in [0.05, 0.1) is 11.8 Å². The van der Waals surface area contributed by atoms with Crippen molar-refractivity contribution in [3.05, 3.63) is 12.4 Å². The monoisotopic (exact) mass is 234 g/mol. The Morgan fingerprint density at radius 2 is 2.00 bits per heavy atom. The van der Waals surface area contributed by atoms with Crippen LogP contribution < -0.4 is 4.90 Å². The van der Waals surface area contributed by atoms with Crippen LogP contribution in [0.1, 0.15) is 19.3 Å². The van der Waals surface area contributed by atoms with Crippen LogP contribution in [0.5, 0.6) is 0 Å². The van der Waals surface area contributed by atoms with Gasteiger partial charge in [0.1, 0.15) is 5.03 Å². The van der Waals surface area contributed by atoms with Crippen LogP contribution in [0, 0.1) is 11.3 Å². The lowest BCUT2D eigenvalue weighted by atomic mass is 10.1. The average Bonchev–Trinajstić information content (AvgIpc) is 2.38. The number of hydrogen-bond donors (Lipinski definition) is 0. The number of nitriles is 1. The summed E-state index contributed by atoms with van der Waals surface area (Å²) in [6.07, 6.45) is 7.16. The molecule has 1 saturated heterocycles. The highest BCUT2D eigenvalue weighted by Crippen LogP contribution is 2.27. The van der Waals surface area contributed by atoms with Gasteiger partial charge in [0, 0.05) is 25.5 Å². The zero-order valence-electron chi connectivity index (χ0n) is 9.09. The molecule has 0 aromatic carbocycles. The minimum absolute atomic E-state index is 0.430. The van der Waals surface area contributed by atoms with Gasteiger partial charge in [-0.2, -0.15) is 5.26 Å². The molecule has 1 aliphatic heterocycles. The third-order valence-electron chi connectivity index (χ3n) is 2.58. The van der Waals surface area contributed by atoms with E-state index < -0.39 is 0 Å². The van der Waals surface area contributed by atoms with Crippen LogP contribution in [0.3, 0.4) is 0 Å². The number of nitrogens with zero attached hydrogens (tertiary/aromatic N) is 4. The van der Waals surface area contributed by atoms with Crippen molar-refractivity contribution in [3.63, 3.8) is 0 Å². The molecule has 0 N–H and O–H groups in total. The average molecular weight is 234 g/mol. The first-order chi connectivity index (χ1) is 7.92. The first-order valence-corrected chi connectivity index (χ1v) is 6.46. The molecule has 2 heterocycles. The molecule has 0 bridgehead atoms. The SMILES string of the molecule is N#CCSc1nccnc1N1CCCCC1. The molecular formula is C11H14N4S. The molecule has 0 unspecified atom stereocenters. The number of anilines is 1. The molecule has 1 aromatic heterocycles. The Morgan fingerprint density at radius 3 is 2.75 bits per heavy atom. The van der Waals surface area contributed by atoms with Crippen molar-refractivity contribution in [1.82, 2.24) is 9.97 Å². The lowest BCUT2D eigenvalue weighted by Gasteiger charge is -2.28. The molecule has 0 radical (unpaired) electrons. The van der Waals surface area contributed by atoms with Gasteiger partial charge < -0.3 is 4.90 Å². The molecule has 1 aromatic rings. The summed E-state index contributed by atoms with van der Waals surface area (Å²) in [7, 11) is 0. The van der Waals surface area contributed by atoms with E-state index in [9.17, 15) is 0 Å². The second-order valence-corrected chi connectivity index (χ2v) is 4.64. The van der Waals surface area contributed by atoms with Crippen molar-refractivity contribution in [2.75, 3.05) is 23.7 Å². The fraction of sp³-hybridized carbons (Fsp3) is 0.545. The Bertz CT molecular complexity index is 382. The van der Waals surface area contributed by atoms with E-state index in [1.165, 1.54) is 31.0 Å². The van der Waals surface area contributed by atoms with Crippen LogP contribution in [0.2, 0.25) is 0 Å². The zero-order chi connectivity index (χ0) is 11.2. The number of aromatic nitrogens is 2. The van der Waals surface area contributed by atoms with E-state index in [1.807, 2.05) is 0 Å². The molecule has 2 rings (SSSR count). The molecular weight excluding hydrogens is 220 g/mol. The van der Waals surface area contributed by atoms with Gasteiger partial charge in [-0.25, -0.2) is 9.97 Å². The van der Waals surface area contributed by atoms with Crippen LogP contribution >= 0.6 is 11.8 Å². The van der Waals surface area contributed by atoms with Crippen LogP contribution in [-0.4, -0.2) is 28.8 Å². The van der Waals surface area contributed by atoms with Gasteiger partial charge in [-0.05, 0) is 19.3 Å². The zero-order valence-corrected chi connectivity index (χ0v) is 9.91. The van der Waals surface area contributed by atoms with Crippen molar-refractivity contribution in [3.8, 4) is 6.07 Å². The van der Waals surface area contributed by atoms with Gasteiger partial charge in [-0.3, -0.25) is 0 Å². The van der Waals surface area contributed by atoms with Crippen molar-refractivity contribution in [2.45, 2.75) is 24.3 Å². The maximum Gasteiger partial charge on any atom is 0.161 e. The molecule has 5 heteroatoms. The summed E-state index contributed by atoms with van der Waals surface area (Å²) in [6.45, 7) is 2.11. The van der Waals surface area contributed by atoms with Crippen LogP contribution in [-0.2, 0) is 0 Å². The summed E-state index contributed by atoms with van der Waals surface area (Å²) < 4.78 is 0. The van der Waals surface area contributed by atoms with Crippen LogP contribution in [0.15, 0.2) is 17.4 Å². The van der Waals surface area contributed by atoms with Gasteiger partial charge in [0.15, 0.2) is 5.82 Å². The molecule has 16 heavy (non-hydrogen) atoms. The van der Waals surface area contributed by atoms with Gasteiger partial charge >= 0.3 is 0 Å². The topological polar surface area (TPSA) is 52.8 Å². The van der Waals surface area contributed by atoms with Crippen molar-refractivity contribution >= 4 is 17.6 Å². The number of piperidine rings is 1. The Hall–Kier alpha value is -1.28. The highest BCUT2D eigenvalue weighted by Gasteiger charge is 2.16. The van der Waals surface area contributed by atoms with E-state index in [2.05, 4.69) is 20.9 Å². The smallest absolute Gasteiger partial charge is 0.161 e. The van der Waals surface area contributed by atoms with E-state index >= 15 is 0 Å². The molecule has 0 aliphatic carbocycles. The molecule has 0 spiro atoms. The molecule has 1 fully saturated rings. The first-order valence-electron chi connectivity index (χ1n) is 5.47. The fourth-order valence-electron chi connectivity index (χ4n) is 1.84. The normalized spacial score (nSPS) is 15.8. The van der Waals surface area contributed by atoms with Crippen molar-refractivity contribution < 1.29 is 0 Å². The highest BCUT2D eigenvalue weighted by atomic mass is 32.2. The number of rotatable bonds is 3. The summed E-state index contributed by atoms with van der Waals surface area (Å²) in [6, 6.07) is 2.12. The molecule has 0 saturated carbocycles. The Balaban J connectivity index is 2.14. The molecule has 0 amide bonds. The van der Waals surface area contributed by atoms with E-state index in [0.29, 0.717) is 5.75 Å². The summed E-state index contributed by atoms with van der Waals surface area (Å²) in [5, 5.41) is 9.48. The third-order valence-corrected chi connectivity index (χ3v) is 3.41. The van der Waals surface area contributed by atoms with E-state index in [0.717, 1.165) is 23.9 Å². The first kappa shape index (κ1) is 11.2. The molecule has 4 nitrogen and oxygen atoms in total. The van der Waals surface area contributed by atoms with Crippen LogP contribution in [0.4, 0.5) is 5.82 Å². The highest BCUT2D eigenvalue weighted by molar-refractivity contribution is 7.99. The van der Waals surface area contributed by atoms with E-state index in [-0.39, 0.29) is 0 Å². The number of thioether (sulfide) groups is 1. The Labute approximate surface area is 99.7 Å². The second-order valence-electron chi connectivity index (χ2n) is 3.68. The fourth-order valence-corrected chi connectivity index (χ4v) is 2.49. The Kier molecular flexibility index (Phi) is 4.00. The quantitative estimate of drug-likeness (QED) is 0.749. The Morgan fingerprint density at radius 1 is 1.25 bits per heavy atom. The largest absolute Gasteiger partial charge is 0.354 e. The summed E-state index contributed by atoms with van der Waals surface area (Å²) in [5.74, 6) is 1.38. The predicted molar refractivity (Wildman–Crippen MR) is 64.4 cm³/mol. The predicted octanol–water partition coefficient (Wildman–Crippen LogP) is 2.08. The lowest BCUT2D eigenvalue weighted by Crippen LogP contribution is -2.30. The maximum atomic E-state index is 8.60. The van der Waals surface area contributed by atoms with Gasteiger partial charge in [-0.1, -0.05) is 11.8 Å². The summed E-state index contributed by atoms with van der Waals surface area (Å²) >= 11 is 1.46. The van der Waals surface area contributed by atoms with Gasteiger partial charge in [0.2, 0.25) is 0 Å². The van der Waals surface area contributed by atoms with Gasteiger partial charge in [0.25, 0.3) is 0 Å². The van der Waals surface area contributed by atoms with E-state index in [4.69, 9.17) is 5.26 Å². The number of hydrogen-bond acceptors (Lipinski definition) is 5. The molecule has 1 aliphatic rings. The third kappa shape index (κ3) is 2.64. The molecule has 0 atom stereocenters. The lowest BCUT2D eigenvalue weighted by molar-refractivity contribution is 0.568. The summed E-state index contributed by atoms with van der Waals surface area (Å²) in [5.41, 5.74) is 0. The van der Waals surface area contributed by atoms with Crippen LogP contribution in [0.25, 0.3) is 0 Å². The second kappa shape index (κ2) is 5.71. The van der Waals surface area contributed by atoms with E-state index in [1.54, 1.807) is 12.4 Å².